The number of aromatic nitrogens is 1. The third-order valence-electron chi connectivity index (χ3n) is 7.10. The van der Waals surface area contributed by atoms with E-state index in [1.54, 1.807) is 0 Å². The van der Waals surface area contributed by atoms with Gasteiger partial charge in [-0.05, 0) is 72.9 Å². The largest absolute Gasteiger partial charge is 0.423 e. The van der Waals surface area contributed by atoms with E-state index < -0.39 is 0 Å². The number of carbonyl (C=O) groups is 1. The molecule has 0 fully saturated rings. The summed E-state index contributed by atoms with van der Waals surface area (Å²) in [7, 11) is 0. The molecule has 3 aromatic rings. The third kappa shape index (κ3) is 11.7. The third-order valence-corrected chi connectivity index (χ3v) is 7.10. The van der Waals surface area contributed by atoms with Gasteiger partial charge in [-0.2, -0.15) is 0 Å². The van der Waals surface area contributed by atoms with E-state index in [1.165, 1.54) is 76.2 Å². The fourth-order valence-electron chi connectivity index (χ4n) is 4.63. The molecule has 0 bridgehead atoms. The van der Waals surface area contributed by atoms with Crippen molar-refractivity contribution in [1.29, 1.82) is 0 Å². The maximum absolute atomic E-state index is 12.6. The Bertz CT molecular complexity index is 1060. The van der Waals surface area contributed by atoms with Gasteiger partial charge in [-0.15, -0.1) is 0 Å². The molecule has 0 aliphatic rings. The number of nitrogens with zero attached hydrogens (tertiary/aromatic N) is 1. The second-order valence-electron chi connectivity index (χ2n) is 10.5. The summed E-state index contributed by atoms with van der Waals surface area (Å²) in [5.74, 6) is 0.188. The van der Waals surface area contributed by atoms with Crippen molar-refractivity contribution in [1.82, 2.24) is 4.98 Å². The maximum atomic E-state index is 12.6. The quantitative estimate of drug-likeness (QED) is 0.0881. The Kier molecular flexibility index (Phi) is 14.4. The number of rotatable bonds is 19. The number of benzene rings is 2. The van der Waals surface area contributed by atoms with Crippen LogP contribution in [0.1, 0.15) is 112 Å². The SMILES string of the molecule is CCCCCCCCCCOCc1ccc(-c2ccc(OC(=O)c3ccc(CCCCCC)cc3)cc2)nc1. The van der Waals surface area contributed by atoms with Crippen LogP contribution in [-0.2, 0) is 17.8 Å². The average Bonchev–Trinajstić information content (AvgIpc) is 2.97. The molecule has 39 heavy (non-hydrogen) atoms. The molecule has 1 aromatic heterocycles. The zero-order chi connectivity index (χ0) is 27.5. The predicted octanol–water partition coefficient (Wildman–Crippen LogP) is 9.75. The fourth-order valence-corrected chi connectivity index (χ4v) is 4.63. The van der Waals surface area contributed by atoms with Gasteiger partial charge in [-0.1, -0.05) is 96.3 Å². The number of esters is 1. The van der Waals surface area contributed by atoms with E-state index in [9.17, 15) is 4.79 Å². The zero-order valence-electron chi connectivity index (χ0n) is 24.1. The minimum Gasteiger partial charge on any atom is -0.423 e. The van der Waals surface area contributed by atoms with Crippen LogP contribution in [0.4, 0.5) is 0 Å². The molecule has 3 rings (SSSR count). The van der Waals surface area contributed by atoms with Crippen LogP contribution in [0.15, 0.2) is 66.9 Å². The molecule has 0 aliphatic carbocycles. The summed E-state index contributed by atoms with van der Waals surface area (Å²) >= 11 is 0. The lowest BCUT2D eigenvalue weighted by molar-refractivity contribution is 0.0734. The average molecular weight is 530 g/mol. The number of pyridine rings is 1. The molecule has 210 valence electrons. The van der Waals surface area contributed by atoms with Crippen LogP contribution < -0.4 is 4.74 Å². The van der Waals surface area contributed by atoms with Gasteiger partial charge in [0, 0.05) is 18.4 Å². The standard InChI is InChI=1S/C35H47NO3/c1-3-5-7-9-10-11-12-14-26-38-28-30-18-25-34(36-27-30)31-21-23-33(24-22-31)39-35(37)32-19-16-29(17-20-32)15-13-8-6-4-2/h16-25,27H,3-15,26,28H2,1-2H3. The normalized spacial score (nSPS) is 11.0. The molecule has 0 radical (unpaired) electrons. The van der Waals surface area contributed by atoms with Gasteiger partial charge in [-0.3, -0.25) is 4.98 Å². The summed E-state index contributed by atoms with van der Waals surface area (Å²) < 4.78 is 11.4. The van der Waals surface area contributed by atoms with Gasteiger partial charge < -0.3 is 9.47 Å². The minimum atomic E-state index is -0.338. The van der Waals surface area contributed by atoms with Gasteiger partial charge in [0.25, 0.3) is 0 Å². The first kappa shape index (κ1) is 30.6. The molecule has 4 heteroatoms. The molecule has 0 aliphatic heterocycles. The molecule has 1 heterocycles. The highest BCUT2D eigenvalue weighted by molar-refractivity contribution is 5.91. The number of unbranched alkanes of at least 4 members (excludes halogenated alkanes) is 10. The van der Waals surface area contributed by atoms with Crippen LogP contribution in [0.2, 0.25) is 0 Å². The van der Waals surface area contributed by atoms with Crippen LogP contribution >= 0.6 is 0 Å². The molecule has 0 N–H and O–H groups in total. The number of carbonyl (C=O) groups excluding carboxylic acids is 1. The fraction of sp³-hybridized carbons (Fsp3) is 0.486. The van der Waals surface area contributed by atoms with E-state index in [2.05, 4.69) is 24.9 Å². The molecule has 4 nitrogen and oxygen atoms in total. The van der Waals surface area contributed by atoms with Crippen molar-refractivity contribution >= 4 is 5.97 Å². The van der Waals surface area contributed by atoms with Crippen molar-refractivity contribution in [2.75, 3.05) is 6.61 Å². The van der Waals surface area contributed by atoms with E-state index in [0.717, 1.165) is 36.3 Å². The molecular weight excluding hydrogens is 482 g/mol. The van der Waals surface area contributed by atoms with Crippen molar-refractivity contribution in [2.45, 2.75) is 104 Å². The Morgan fingerprint density at radius 3 is 1.92 bits per heavy atom. The van der Waals surface area contributed by atoms with Gasteiger partial charge in [-0.25, -0.2) is 4.79 Å². The summed E-state index contributed by atoms with van der Waals surface area (Å²) in [4.78, 5) is 17.2. The van der Waals surface area contributed by atoms with Crippen molar-refractivity contribution in [3.05, 3.63) is 83.6 Å². The Morgan fingerprint density at radius 1 is 0.667 bits per heavy atom. The molecule has 0 atom stereocenters. The van der Waals surface area contributed by atoms with Gasteiger partial charge >= 0.3 is 5.97 Å². The van der Waals surface area contributed by atoms with E-state index in [0.29, 0.717) is 17.9 Å². The van der Waals surface area contributed by atoms with Crippen molar-refractivity contribution < 1.29 is 14.3 Å². The highest BCUT2D eigenvalue weighted by Crippen LogP contribution is 2.22. The summed E-state index contributed by atoms with van der Waals surface area (Å²) in [5, 5.41) is 0. The lowest BCUT2D eigenvalue weighted by Crippen LogP contribution is -2.08. The summed E-state index contributed by atoms with van der Waals surface area (Å²) in [6, 6.07) is 19.4. The smallest absolute Gasteiger partial charge is 0.343 e. The van der Waals surface area contributed by atoms with Crippen LogP contribution in [0.5, 0.6) is 5.75 Å². The first-order valence-corrected chi connectivity index (χ1v) is 15.1. The number of hydrogen-bond acceptors (Lipinski definition) is 4. The molecule has 0 saturated heterocycles. The van der Waals surface area contributed by atoms with Gasteiger partial charge in [0.1, 0.15) is 5.75 Å². The number of hydrogen-bond donors (Lipinski definition) is 0. The monoisotopic (exact) mass is 529 g/mol. The molecule has 2 aromatic carbocycles. The highest BCUT2D eigenvalue weighted by atomic mass is 16.5. The summed E-state index contributed by atoms with van der Waals surface area (Å²) in [6.07, 6.45) is 18.4. The van der Waals surface area contributed by atoms with Gasteiger partial charge in [0.15, 0.2) is 0 Å². The van der Waals surface area contributed by atoms with Crippen molar-refractivity contribution in [2.24, 2.45) is 0 Å². The molecule has 0 amide bonds. The van der Waals surface area contributed by atoms with E-state index in [1.807, 2.05) is 60.8 Å². The van der Waals surface area contributed by atoms with E-state index in [-0.39, 0.29) is 5.97 Å². The van der Waals surface area contributed by atoms with Crippen molar-refractivity contribution in [3.63, 3.8) is 0 Å². The van der Waals surface area contributed by atoms with Crippen molar-refractivity contribution in [3.8, 4) is 17.0 Å². The lowest BCUT2D eigenvalue weighted by Gasteiger charge is -2.08. The lowest BCUT2D eigenvalue weighted by atomic mass is 10.0. The van der Waals surface area contributed by atoms with Crippen LogP contribution in [0, 0.1) is 0 Å². The first-order chi connectivity index (χ1) is 19.2. The molecule has 0 spiro atoms. The minimum absolute atomic E-state index is 0.338. The van der Waals surface area contributed by atoms with Gasteiger partial charge in [0.2, 0.25) is 0 Å². The molecule has 0 saturated carbocycles. The number of ether oxygens (including phenoxy) is 2. The summed E-state index contributed by atoms with van der Waals surface area (Å²) in [6.45, 7) is 5.88. The highest BCUT2D eigenvalue weighted by Gasteiger charge is 2.09. The number of aryl methyl sites for hydroxylation is 1. The maximum Gasteiger partial charge on any atom is 0.343 e. The van der Waals surface area contributed by atoms with Gasteiger partial charge in [0.05, 0.1) is 17.9 Å². The predicted molar refractivity (Wildman–Crippen MR) is 161 cm³/mol. The second-order valence-corrected chi connectivity index (χ2v) is 10.5. The van der Waals surface area contributed by atoms with Crippen LogP contribution in [-0.4, -0.2) is 17.6 Å². The van der Waals surface area contributed by atoms with E-state index >= 15 is 0 Å². The topological polar surface area (TPSA) is 48.4 Å². The molecule has 0 unspecified atom stereocenters. The second kappa shape index (κ2) is 18.3. The molecular formula is C35H47NO3. The van der Waals surface area contributed by atoms with E-state index in [4.69, 9.17) is 9.47 Å². The Labute approximate surface area is 236 Å². The first-order valence-electron chi connectivity index (χ1n) is 15.1. The Hall–Kier alpha value is -2.98. The zero-order valence-corrected chi connectivity index (χ0v) is 24.1. The van der Waals surface area contributed by atoms with Crippen LogP contribution in [0.3, 0.4) is 0 Å². The Balaban J connectivity index is 1.37. The van der Waals surface area contributed by atoms with Crippen LogP contribution in [0.25, 0.3) is 11.3 Å². The summed E-state index contributed by atoms with van der Waals surface area (Å²) in [5.41, 5.74) is 4.78. The Morgan fingerprint density at radius 2 is 1.28 bits per heavy atom.